The van der Waals surface area contributed by atoms with E-state index in [0.717, 1.165) is 46.1 Å². The molecule has 98 valence electrons. The molecule has 0 rings (SSSR count). The summed E-state index contributed by atoms with van der Waals surface area (Å²) in [7, 11) is 0. The minimum atomic E-state index is 0.809. The molecule has 0 aromatic carbocycles. The summed E-state index contributed by atoms with van der Waals surface area (Å²) in [4.78, 5) is 2.42. The van der Waals surface area contributed by atoms with Gasteiger partial charge in [0.1, 0.15) is 0 Å². The summed E-state index contributed by atoms with van der Waals surface area (Å²) in [6.07, 6.45) is 0. The molecule has 0 spiro atoms. The summed E-state index contributed by atoms with van der Waals surface area (Å²) in [5, 5.41) is 0. The first-order valence-corrected chi connectivity index (χ1v) is 7.46. The van der Waals surface area contributed by atoms with Crippen LogP contribution in [0.25, 0.3) is 0 Å². The Balaban J connectivity index is 3.58. The summed E-state index contributed by atoms with van der Waals surface area (Å²) < 4.78 is 10.8. The molecule has 0 unspecified atom stereocenters. The van der Waals surface area contributed by atoms with Gasteiger partial charge < -0.3 is 9.47 Å². The van der Waals surface area contributed by atoms with E-state index in [1.807, 2.05) is 25.6 Å². The highest BCUT2D eigenvalue weighted by Gasteiger charge is 2.04. The van der Waals surface area contributed by atoms with Crippen LogP contribution in [-0.2, 0) is 9.47 Å². The zero-order valence-electron chi connectivity index (χ0n) is 11.0. The Bertz CT molecular complexity index is 112. The Morgan fingerprint density at radius 3 is 1.88 bits per heavy atom. The maximum atomic E-state index is 5.39. The lowest BCUT2D eigenvalue weighted by atomic mass is 10.4. The Hall–Kier alpha value is 0.230. The quantitative estimate of drug-likeness (QED) is 0.494. The van der Waals surface area contributed by atoms with Crippen molar-refractivity contribution >= 4 is 11.8 Å². The van der Waals surface area contributed by atoms with Crippen molar-refractivity contribution in [1.82, 2.24) is 4.90 Å². The van der Waals surface area contributed by atoms with Gasteiger partial charge >= 0.3 is 0 Å². The van der Waals surface area contributed by atoms with Crippen molar-refractivity contribution in [3.8, 4) is 0 Å². The van der Waals surface area contributed by atoms with Crippen LogP contribution in [-0.4, -0.2) is 62.5 Å². The summed E-state index contributed by atoms with van der Waals surface area (Å²) in [5.74, 6) is 2.40. The predicted octanol–water partition coefficient (Wildman–Crippen LogP) is 2.11. The molecule has 0 aromatic heterocycles. The lowest BCUT2D eigenvalue weighted by Gasteiger charge is -2.21. The summed E-state index contributed by atoms with van der Waals surface area (Å²) >= 11 is 1.99. The van der Waals surface area contributed by atoms with E-state index in [9.17, 15) is 0 Å². The molecule has 0 bridgehead atoms. The number of nitrogens with zero attached hydrogens (tertiary/aromatic N) is 1. The Labute approximate surface area is 105 Å². The van der Waals surface area contributed by atoms with Gasteiger partial charge in [-0.25, -0.2) is 0 Å². The molecule has 0 saturated heterocycles. The molecule has 0 N–H and O–H groups in total. The molecule has 0 amide bonds. The molecule has 16 heavy (non-hydrogen) atoms. The predicted molar refractivity (Wildman–Crippen MR) is 72.4 cm³/mol. The number of hydrogen-bond donors (Lipinski definition) is 0. The average Bonchev–Trinajstić information content (AvgIpc) is 2.29. The smallest absolute Gasteiger partial charge is 0.0593 e. The highest BCUT2D eigenvalue weighted by Crippen LogP contribution is 2.00. The molecule has 0 aromatic rings. The van der Waals surface area contributed by atoms with Gasteiger partial charge in [0, 0.05) is 38.6 Å². The molecule has 0 fully saturated rings. The van der Waals surface area contributed by atoms with Crippen molar-refractivity contribution in [2.24, 2.45) is 0 Å². The fourth-order valence-electron chi connectivity index (χ4n) is 1.35. The molecule has 0 saturated carbocycles. The minimum Gasteiger partial charge on any atom is -0.380 e. The zero-order chi connectivity index (χ0) is 12.1. The van der Waals surface area contributed by atoms with Crippen LogP contribution in [0.5, 0.6) is 0 Å². The minimum absolute atomic E-state index is 0.809. The molecule has 0 aliphatic heterocycles. The second-order valence-corrected chi connectivity index (χ2v) is 4.83. The van der Waals surface area contributed by atoms with Crippen molar-refractivity contribution in [3.63, 3.8) is 0 Å². The summed E-state index contributed by atoms with van der Waals surface area (Å²) in [5.41, 5.74) is 0. The van der Waals surface area contributed by atoms with Crippen LogP contribution < -0.4 is 0 Å². The molecule has 0 radical (unpaired) electrons. The zero-order valence-corrected chi connectivity index (χ0v) is 11.9. The van der Waals surface area contributed by atoms with Crippen LogP contribution in [0.2, 0.25) is 0 Å². The molecule has 0 aliphatic rings. The van der Waals surface area contributed by atoms with E-state index in [1.165, 1.54) is 11.5 Å². The van der Waals surface area contributed by atoms with Gasteiger partial charge in [-0.2, -0.15) is 11.8 Å². The van der Waals surface area contributed by atoms with E-state index in [0.29, 0.717) is 0 Å². The van der Waals surface area contributed by atoms with Gasteiger partial charge in [-0.05, 0) is 19.6 Å². The normalized spacial score (nSPS) is 11.2. The molecular formula is C12H27NO2S. The second-order valence-electron chi connectivity index (χ2n) is 3.43. The number of rotatable bonds is 12. The average molecular weight is 249 g/mol. The maximum absolute atomic E-state index is 5.39. The SMILES string of the molecule is CCOCCN(CCOCC)CCSCC. The van der Waals surface area contributed by atoms with Crippen molar-refractivity contribution in [3.05, 3.63) is 0 Å². The van der Waals surface area contributed by atoms with Crippen molar-refractivity contribution < 1.29 is 9.47 Å². The van der Waals surface area contributed by atoms with Crippen LogP contribution in [0.3, 0.4) is 0 Å². The Morgan fingerprint density at radius 2 is 1.44 bits per heavy atom. The second kappa shape index (κ2) is 13.3. The highest BCUT2D eigenvalue weighted by atomic mass is 32.2. The van der Waals surface area contributed by atoms with Gasteiger partial charge in [0.05, 0.1) is 13.2 Å². The fraction of sp³-hybridized carbons (Fsp3) is 1.00. The van der Waals surface area contributed by atoms with Crippen molar-refractivity contribution in [2.75, 3.05) is 57.6 Å². The first-order chi connectivity index (χ1) is 7.85. The molecule has 0 heterocycles. The third-order valence-electron chi connectivity index (χ3n) is 2.27. The Kier molecular flexibility index (Phi) is 13.5. The van der Waals surface area contributed by atoms with Crippen LogP contribution in [0.15, 0.2) is 0 Å². The lowest BCUT2D eigenvalue weighted by molar-refractivity contribution is 0.0856. The first-order valence-electron chi connectivity index (χ1n) is 6.30. The van der Waals surface area contributed by atoms with Gasteiger partial charge in [-0.3, -0.25) is 4.90 Å². The summed E-state index contributed by atoms with van der Waals surface area (Å²) in [6, 6.07) is 0. The van der Waals surface area contributed by atoms with E-state index in [2.05, 4.69) is 11.8 Å². The number of hydrogen-bond acceptors (Lipinski definition) is 4. The van der Waals surface area contributed by atoms with Gasteiger partial charge in [0.2, 0.25) is 0 Å². The lowest BCUT2D eigenvalue weighted by Crippen LogP contribution is -2.33. The third kappa shape index (κ3) is 10.7. The molecule has 0 atom stereocenters. The van der Waals surface area contributed by atoms with E-state index in [4.69, 9.17) is 9.47 Å². The van der Waals surface area contributed by atoms with Crippen LogP contribution >= 0.6 is 11.8 Å². The van der Waals surface area contributed by atoms with Gasteiger partial charge in [-0.1, -0.05) is 6.92 Å². The summed E-state index contributed by atoms with van der Waals surface area (Å²) in [6.45, 7) is 12.7. The van der Waals surface area contributed by atoms with Gasteiger partial charge in [-0.15, -0.1) is 0 Å². The van der Waals surface area contributed by atoms with E-state index in [-0.39, 0.29) is 0 Å². The van der Waals surface area contributed by atoms with E-state index < -0.39 is 0 Å². The van der Waals surface area contributed by atoms with Gasteiger partial charge in [0.15, 0.2) is 0 Å². The monoisotopic (exact) mass is 249 g/mol. The van der Waals surface area contributed by atoms with E-state index >= 15 is 0 Å². The molecule has 3 nitrogen and oxygen atoms in total. The van der Waals surface area contributed by atoms with Crippen molar-refractivity contribution in [1.29, 1.82) is 0 Å². The topological polar surface area (TPSA) is 21.7 Å². The van der Waals surface area contributed by atoms with Crippen LogP contribution in [0, 0.1) is 0 Å². The highest BCUT2D eigenvalue weighted by molar-refractivity contribution is 7.99. The largest absolute Gasteiger partial charge is 0.380 e. The third-order valence-corrected chi connectivity index (χ3v) is 3.15. The molecule has 0 aliphatic carbocycles. The number of thioether (sulfide) groups is 1. The fourth-order valence-corrected chi connectivity index (χ4v) is 2.03. The number of ether oxygens (including phenoxy) is 2. The van der Waals surface area contributed by atoms with Crippen LogP contribution in [0.4, 0.5) is 0 Å². The van der Waals surface area contributed by atoms with E-state index in [1.54, 1.807) is 0 Å². The maximum Gasteiger partial charge on any atom is 0.0593 e. The Morgan fingerprint density at radius 1 is 0.875 bits per heavy atom. The molecule has 4 heteroatoms. The van der Waals surface area contributed by atoms with Crippen LogP contribution in [0.1, 0.15) is 20.8 Å². The standard InChI is InChI=1S/C12H27NO2S/c1-4-14-10-7-13(8-11-15-5-2)9-12-16-6-3/h4-12H2,1-3H3. The van der Waals surface area contributed by atoms with Crippen molar-refractivity contribution in [2.45, 2.75) is 20.8 Å². The molecular weight excluding hydrogens is 222 g/mol. The van der Waals surface area contributed by atoms with Gasteiger partial charge in [0.25, 0.3) is 0 Å². The first kappa shape index (κ1) is 16.2.